The van der Waals surface area contributed by atoms with Crippen molar-refractivity contribution in [2.24, 2.45) is 0 Å². The highest BCUT2D eigenvalue weighted by molar-refractivity contribution is 5.77. The van der Waals surface area contributed by atoms with Crippen LogP contribution in [-0.4, -0.2) is 63.8 Å². The van der Waals surface area contributed by atoms with Crippen molar-refractivity contribution in [3.63, 3.8) is 0 Å². The molecule has 2 saturated heterocycles. The van der Waals surface area contributed by atoms with E-state index in [1.165, 1.54) is 12.1 Å². The third-order valence-electron chi connectivity index (χ3n) is 6.30. The third-order valence-corrected chi connectivity index (χ3v) is 6.30. The Balaban J connectivity index is 1.18. The Morgan fingerprint density at radius 1 is 1.06 bits per heavy atom. The number of hydrogen-bond donors (Lipinski definition) is 0. The highest BCUT2D eigenvalue weighted by Gasteiger charge is 2.39. The molecule has 2 atom stereocenters. The number of benzene rings is 1. The van der Waals surface area contributed by atoms with E-state index >= 15 is 0 Å². The third kappa shape index (κ3) is 5.55. The lowest BCUT2D eigenvalue weighted by Gasteiger charge is -2.25. The number of amides is 1. The first-order valence-electron chi connectivity index (χ1n) is 11.2. The van der Waals surface area contributed by atoms with Crippen molar-refractivity contribution in [2.75, 3.05) is 19.6 Å². The first-order valence-corrected chi connectivity index (χ1v) is 11.2. The second kappa shape index (κ2) is 8.81. The number of hydrogen-bond acceptors (Lipinski definition) is 6. The molecule has 2 aromatic rings. The van der Waals surface area contributed by atoms with Gasteiger partial charge in [0, 0.05) is 44.4 Å². The summed E-state index contributed by atoms with van der Waals surface area (Å²) in [5, 5.41) is 0. The van der Waals surface area contributed by atoms with Gasteiger partial charge in [-0.15, -0.1) is 13.2 Å². The van der Waals surface area contributed by atoms with Crippen LogP contribution in [0.2, 0.25) is 0 Å². The van der Waals surface area contributed by atoms with Gasteiger partial charge >= 0.3 is 6.36 Å². The summed E-state index contributed by atoms with van der Waals surface area (Å²) < 4.78 is 47.0. The Morgan fingerprint density at radius 3 is 2.52 bits per heavy atom. The topological polar surface area (TPSA) is 67.8 Å². The van der Waals surface area contributed by atoms with Crippen molar-refractivity contribution < 1.29 is 27.4 Å². The maximum absolute atomic E-state index is 12.7. The molecule has 7 nitrogen and oxygen atoms in total. The minimum absolute atomic E-state index is 0.0246. The normalized spacial score (nSPS) is 23.8. The molecule has 1 amide bonds. The molecule has 1 aromatic heterocycles. The van der Waals surface area contributed by atoms with E-state index in [1.807, 2.05) is 4.90 Å². The molecule has 0 bridgehead atoms. The lowest BCUT2D eigenvalue weighted by Crippen LogP contribution is -2.38. The summed E-state index contributed by atoms with van der Waals surface area (Å²) >= 11 is 0. The first kappa shape index (κ1) is 21.9. The van der Waals surface area contributed by atoms with Crippen LogP contribution in [0.15, 0.2) is 36.7 Å². The molecule has 10 heteroatoms. The predicted molar refractivity (Wildman–Crippen MR) is 112 cm³/mol. The standard InChI is InChI=1S/C23H25F3N4O3/c24-23(25,26)33-18-5-1-15(2-6-18)12-29-8-7-22(31)30-14-19(9-17(30)13-29)32-21-11-27-20(10-28-21)16-3-4-16/h1-2,5-6,10-11,16-17,19H,3-4,7-9,12-14H2/t17-,19-/m0/s1. The van der Waals surface area contributed by atoms with E-state index in [9.17, 15) is 18.0 Å². The number of fused-ring (bicyclic) bond motifs is 1. The zero-order valence-electron chi connectivity index (χ0n) is 18.0. The largest absolute Gasteiger partial charge is 0.573 e. The molecule has 0 unspecified atom stereocenters. The fourth-order valence-corrected chi connectivity index (χ4v) is 4.57. The van der Waals surface area contributed by atoms with Gasteiger partial charge in [-0.3, -0.25) is 14.7 Å². The number of carbonyl (C=O) groups is 1. The van der Waals surface area contributed by atoms with Crippen molar-refractivity contribution in [1.29, 1.82) is 0 Å². The highest BCUT2D eigenvalue weighted by atomic mass is 19.4. The molecule has 1 saturated carbocycles. The van der Waals surface area contributed by atoms with Gasteiger partial charge in [0.1, 0.15) is 11.9 Å². The van der Waals surface area contributed by atoms with Gasteiger partial charge in [-0.1, -0.05) is 12.1 Å². The minimum Gasteiger partial charge on any atom is -0.471 e. The van der Waals surface area contributed by atoms with Crippen LogP contribution in [0.25, 0.3) is 0 Å². The van der Waals surface area contributed by atoms with E-state index in [1.54, 1.807) is 24.5 Å². The monoisotopic (exact) mass is 462 g/mol. The van der Waals surface area contributed by atoms with E-state index in [4.69, 9.17) is 4.74 Å². The predicted octanol–water partition coefficient (Wildman–Crippen LogP) is 3.51. The van der Waals surface area contributed by atoms with Crippen LogP contribution in [0.1, 0.15) is 42.9 Å². The van der Waals surface area contributed by atoms with E-state index in [0.717, 1.165) is 24.1 Å². The summed E-state index contributed by atoms with van der Waals surface area (Å²) in [6.07, 6.45) is 2.02. The summed E-state index contributed by atoms with van der Waals surface area (Å²) in [5.41, 5.74) is 1.87. The van der Waals surface area contributed by atoms with Gasteiger partial charge in [-0.2, -0.15) is 0 Å². The minimum atomic E-state index is -4.71. The van der Waals surface area contributed by atoms with Crippen molar-refractivity contribution >= 4 is 5.91 Å². The fraction of sp³-hybridized carbons (Fsp3) is 0.522. The van der Waals surface area contributed by atoms with Gasteiger partial charge in [0.15, 0.2) is 0 Å². The van der Waals surface area contributed by atoms with Gasteiger partial charge < -0.3 is 14.4 Å². The van der Waals surface area contributed by atoms with Crippen LogP contribution in [0, 0.1) is 0 Å². The summed E-state index contributed by atoms with van der Waals surface area (Å²) in [4.78, 5) is 25.6. The van der Waals surface area contributed by atoms with Crippen molar-refractivity contribution in [3.05, 3.63) is 47.9 Å². The molecule has 33 heavy (non-hydrogen) atoms. The fourth-order valence-electron chi connectivity index (χ4n) is 4.57. The van der Waals surface area contributed by atoms with Crippen molar-refractivity contribution in [3.8, 4) is 11.6 Å². The molecule has 1 aliphatic carbocycles. The Hall–Kier alpha value is -2.88. The molecule has 3 heterocycles. The Labute approximate surface area is 189 Å². The Bertz CT molecular complexity index is 980. The quantitative estimate of drug-likeness (QED) is 0.655. The van der Waals surface area contributed by atoms with Crippen LogP contribution < -0.4 is 9.47 Å². The van der Waals surface area contributed by atoms with Gasteiger partial charge in [0.25, 0.3) is 0 Å². The van der Waals surface area contributed by atoms with E-state index < -0.39 is 6.36 Å². The SMILES string of the molecule is O=C1CCN(Cc2ccc(OC(F)(F)F)cc2)C[C@@H]2C[C@H](Oc3cnc(C4CC4)cn3)CN12. The summed E-state index contributed by atoms with van der Waals surface area (Å²) in [7, 11) is 0. The average molecular weight is 462 g/mol. The number of ether oxygens (including phenoxy) is 2. The summed E-state index contributed by atoms with van der Waals surface area (Å²) in [6.45, 7) is 2.35. The number of rotatable bonds is 6. The number of carbonyl (C=O) groups excluding carboxylic acids is 1. The highest BCUT2D eigenvalue weighted by Crippen LogP contribution is 2.38. The van der Waals surface area contributed by atoms with Gasteiger partial charge in [-0.25, -0.2) is 4.98 Å². The maximum Gasteiger partial charge on any atom is 0.573 e. The number of aromatic nitrogens is 2. The molecule has 1 aromatic carbocycles. The number of alkyl halides is 3. The van der Waals surface area contributed by atoms with E-state index in [-0.39, 0.29) is 23.8 Å². The molecular weight excluding hydrogens is 437 g/mol. The van der Waals surface area contributed by atoms with Crippen LogP contribution in [0.3, 0.4) is 0 Å². The molecular formula is C23H25F3N4O3. The molecule has 2 aliphatic heterocycles. The smallest absolute Gasteiger partial charge is 0.471 e. The second-order valence-electron chi connectivity index (χ2n) is 8.91. The average Bonchev–Trinajstić information content (AvgIpc) is 3.56. The van der Waals surface area contributed by atoms with Crippen LogP contribution in [0.5, 0.6) is 11.6 Å². The zero-order valence-corrected chi connectivity index (χ0v) is 18.0. The molecule has 3 fully saturated rings. The first-order chi connectivity index (χ1) is 15.8. The summed E-state index contributed by atoms with van der Waals surface area (Å²) in [6, 6.07) is 5.89. The van der Waals surface area contributed by atoms with Gasteiger partial charge in [0.05, 0.1) is 24.6 Å². The van der Waals surface area contributed by atoms with Gasteiger partial charge in [-0.05, 0) is 30.5 Å². The molecule has 0 spiro atoms. The second-order valence-corrected chi connectivity index (χ2v) is 8.91. The van der Waals surface area contributed by atoms with Crippen LogP contribution >= 0.6 is 0 Å². The van der Waals surface area contributed by atoms with Crippen LogP contribution in [-0.2, 0) is 11.3 Å². The summed E-state index contributed by atoms with van der Waals surface area (Å²) in [5.74, 6) is 0.866. The van der Waals surface area contributed by atoms with Crippen molar-refractivity contribution in [1.82, 2.24) is 19.8 Å². The molecule has 3 aliphatic rings. The molecule has 0 N–H and O–H groups in total. The molecule has 5 rings (SSSR count). The Morgan fingerprint density at radius 2 is 1.85 bits per heavy atom. The lowest BCUT2D eigenvalue weighted by atomic mass is 10.1. The Kier molecular flexibility index (Phi) is 5.86. The van der Waals surface area contributed by atoms with E-state index in [0.29, 0.717) is 50.8 Å². The van der Waals surface area contributed by atoms with Crippen molar-refractivity contribution in [2.45, 2.75) is 56.7 Å². The molecule has 176 valence electrons. The maximum atomic E-state index is 12.7. The van der Waals surface area contributed by atoms with Crippen LogP contribution in [0.4, 0.5) is 13.2 Å². The zero-order chi connectivity index (χ0) is 23.0. The molecule has 0 radical (unpaired) electrons. The number of halogens is 3. The lowest BCUT2D eigenvalue weighted by molar-refractivity contribution is -0.274. The number of nitrogens with zero attached hydrogens (tertiary/aromatic N) is 4. The van der Waals surface area contributed by atoms with Gasteiger partial charge in [0.2, 0.25) is 11.8 Å². The van der Waals surface area contributed by atoms with E-state index in [2.05, 4.69) is 19.6 Å².